The van der Waals surface area contributed by atoms with Crippen LogP contribution in [0, 0.1) is 6.92 Å². The minimum Gasteiger partial charge on any atom is -0.399 e. The number of hydrogen-bond acceptors (Lipinski definition) is 3. The number of halogens is 1. The Hall–Kier alpha value is -1.74. The van der Waals surface area contributed by atoms with E-state index >= 15 is 0 Å². The molecule has 0 fully saturated rings. The summed E-state index contributed by atoms with van der Waals surface area (Å²) in [4.78, 5) is 6.28. The Bertz CT molecular complexity index is 517. The van der Waals surface area contributed by atoms with Gasteiger partial charge in [-0.1, -0.05) is 41.4 Å². The molecule has 0 amide bonds. The first-order valence-electron chi connectivity index (χ1n) is 5.74. The maximum absolute atomic E-state index is 5.90. The molecule has 94 valence electrons. The van der Waals surface area contributed by atoms with Gasteiger partial charge in [-0.3, -0.25) is 0 Å². The Morgan fingerprint density at radius 2 is 1.89 bits per heavy atom. The number of nitrogen functional groups attached to an aromatic ring is 1. The van der Waals surface area contributed by atoms with Crippen molar-refractivity contribution < 1.29 is 0 Å². The Morgan fingerprint density at radius 3 is 2.50 bits per heavy atom. The maximum atomic E-state index is 5.90. The van der Waals surface area contributed by atoms with Gasteiger partial charge in [0, 0.05) is 25.3 Å². The van der Waals surface area contributed by atoms with Gasteiger partial charge >= 0.3 is 0 Å². The zero-order valence-corrected chi connectivity index (χ0v) is 11.3. The molecule has 1 aromatic carbocycles. The van der Waals surface area contributed by atoms with Gasteiger partial charge < -0.3 is 10.6 Å². The fourth-order valence-corrected chi connectivity index (χ4v) is 1.96. The van der Waals surface area contributed by atoms with Crippen LogP contribution in [0.4, 0.5) is 11.5 Å². The third kappa shape index (κ3) is 3.14. The van der Waals surface area contributed by atoms with Crippen LogP contribution >= 0.6 is 11.6 Å². The first-order chi connectivity index (χ1) is 8.54. The molecular weight excluding hydrogens is 246 g/mol. The third-order valence-corrected chi connectivity index (χ3v) is 2.93. The van der Waals surface area contributed by atoms with Gasteiger partial charge in [0.25, 0.3) is 0 Å². The van der Waals surface area contributed by atoms with E-state index < -0.39 is 0 Å². The van der Waals surface area contributed by atoms with Crippen molar-refractivity contribution in [2.24, 2.45) is 0 Å². The summed E-state index contributed by atoms with van der Waals surface area (Å²) in [6.07, 6.45) is 0. The van der Waals surface area contributed by atoms with Gasteiger partial charge in [-0.2, -0.15) is 0 Å². The largest absolute Gasteiger partial charge is 0.399 e. The Labute approximate surface area is 112 Å². The lowest BCUT2D eigenvalue weighted by atomic mass is 10.1. The predicted molar refractivity (Wildman–Crippen MR) is 76.9 cm³/mol. The summed E-state index contributed by atoms with van der Waals surface area (Å²) in [6.45, 7) is 2.85. The van der Waals surface area contributed by atoms with Crippen LogP contribution in [0.3, 0.4) is 0 Å². The number of anilines is 2. The molecule has 1 heterocycles. The van der Waals surface area contributed by atoms with Gasteiger partial charge in [-0.05, 0) is 18.6 Å². The lowest BCUT2D eigenvalue weighted by Gasteiger charge is -2.19. The number of benzene rings is 1. The monoisotopic (exact) mass is 261 g/mol. The molecule has 4 heteroatoms. The number of pyridine rings is 1. The van der Waals surface area contributed by atoms with Crippen LogP contribution in [0.1, 0.15) is 11.1 Å². The van der Waals surface area contributed by atoms with Crippen molar-refractivity contribution in [3.05, 3.63) is 52.7 Å². The summed E-state index contributed by atoms with van der Waals surface area (Å²) in [6, 6.07) is 11.9. The first-order valence-corrected chi connectivity index (χ1v) is 6.12. The van der Waals surface area contributed by atoms with Crippen LogP contribution in [0.5, 0.6) is 0 Å². The summed E-state index contributed by atoms with van der Waals surface area (Å²) in [7, 11) is 1.97. The minimum atomic E-state index is 0.417. The van der Waals surface area contributed by atoms with Gasteiger partial charge in [0.05, 0.1) is 0 Å². The molecule has 0 atom stereocenters. The smallest absolute Gasteiger partial charge is 0.133 e. The van der Waals surface area contributed by atoms with E-state index in [-0.39, 0.29) is 0 Å². The number of aromatic nitrogens is 1. The standard InChI is InChI=1S/C14H16ClN3/c1-10-3-5-11(6-4-10)9-18(2)14-8-12(16)7-13(15)17-14/h3-8H,9H2,1-2H3,(H2,16,17). The average molecular weight is 262 g/mol. The van der Waals surface area contributed by atoms with Gasteiger partial charge in [-0.15, -0.1) is 0 Å². The average Bonchev–Trinajstić information content (AvgIpc) is 2.31. The van der Waals surface area contributed by atoms with Gasteiger partial charge in [0.2, 0.25) is 0 Å². The van der Waals surface area contributed by atoms with E-state index in [2.05, 4.69) is 36.2 Å². The lowest BCUT2D eigenvalue weighted by Crippen LogP contribution is -2.17. The summed E-state index contributed by atoms with van der Waals surface area (Å²) in [5.41, 5.74) is 8.87. The molecule has 0 aliphatic heterocycles. The van der Waals surface area contributed by atoms with Crippen LogP contribution in [0.15, 0.2) is 36.4 Å². The van der Waals surface area contributed by atoms with Crippen LogP contribution < -0.4 is 10.6 Å². The quantitative estimate of drug-likeness (QED) is 0.863. The van der Waals surface area contributed by atoms with Gasteiger partial charge in [0.15, 0.2) is 0 Å². The highest BCUT2D eigenvalue weighted by atomic mass is 35.5. The van der Waals surface area contributed by atoms with Crippen molar-refractivity contribution >= 4 is 23.1 Å². The number of nitrogens with zero attached hydrogens (tertiary/aromatic N) is 2. The second-order valence-electron chi connectivity index (χ2n) is 4.42. The number of nitrogens with two attached hydrogens (primary N) is 1. The van der Waals surface area contributed by atoms with Crippen molar-refractivity contribution in [3.63, 3.8) is 0 Å². The maximum Gasteiger partial charge on any atom is 0.133 e. The van der Waals surface area contributed by atoms with Gasteiger partial charge in [0.1, 0.15) is 11.0 Å². The third-order valence-electron chi connectivity index (χ3n) is 2.73. The molecule has 0 radical (unpaired) electrons. The molecule has 2 aromatic rings. The van der Waals surface area contributed by atoms with Crippen molar-refractivity contribution in [1.82, 2.24) is 4.98 Å². The summed E-state index contributed by atoms with van der Waals surface area (Å²) in [5.74, 6) is 0.778. The van der Waals surface area contributed by atoms with E-state index in [9.17, 15) is 0 Å². The summed E-state index contributed by atoms with van der Waals surface area (Å²) < 4.78 is 0. The Balaban J connectivity index is 2.16. The predicted octanol–water partition coefficient (Wildman–Crippen LogP) is 3.26. The Morgan fingerprint density at radius 1 is 1.22 bits per heavy atom. The zero-order chi connectivity index (χ0) is 13.1. The Kier molecular flexibility index (Phi) is 3.72. The molecule has 0 spiro atoms. The summed E-state index contributed by atoms with van der Waals surface area (Å²) in [5, 5.41) is 0.417. The molecule has 18 heavy (non-hydrogen) atoms. The molecule has 0 bridgehead atoms. The molecule has 1 aromatic heterocycles. The second kappa shape index (κ2) is 5.27. The number of hydrogen-bond donors (Lipinski definition) is 1. The fourth-order valence-electron chi connectivity index (χ4n) is 1.75. The molecular formula is C14H16ClN3. The highest BCUT2D eigenvalue weighted by Gasteiger charge is 2.05. The van der Waals surface area contributed by atoms with E-state index in [1.54, 1.807) is 6.07 Å². The molecule has 2 N–H and O–H groups in total. The number of aryl methyl sites for hydroxylation is 1. The van der Waals surface area contributed by atoms with E-state index in [0.29, 0.717) is 10.8 Å². The van der Waals surface area contributed by atoms with Crippen molar-refractivity contribution in [2.45, 2.75) is 13.5 Å². The minimum absolute atomic E-state index is 0.417. The zero-order valence-electron chi connectivity index (χ0n) is 10.5. The van der Waals surface area contributed by atoms with Crippen LogP contribution in [0.2, 0.25) is 5.15 Å². The lowest BCUT2D eigenvalue weighted by molar-refractivity contribution is 0.898. The van der Waals surface area contributed by atoms with Gasteiger partial charge in [-0.25, -0.2) is 4.98 Å². The van der Waals surface area contributed by atoms with Crippen molar-refractivity contribution in [2.75, 3.05) is 17.7 Å². The molecule has 0 saturated carbocycles. The second-order valence-corrected chi connectivity index (χ2v) is 4.81. The van der Waals surface area contributed by atoms with E-state index in [1.807, 2.05) is 18.0 Å². The normalized spacial score (nSPS) is 10.4. The van der Waals surface area contributed by atoms with Crippen LogP contribution in [0.25, 0.3) is 0 Å². The topological polar surface area (TPSA) is 42.1 Å². The molecule has 3 nitrogen and oxygen atoms in total. The molecule has 0 aliphatic carbocycles. The van der Waals surface area contributed by atoms with Crippen LogP contribution in [-0.2, 0) is 6.54 Å². The molecule has 0 unspecified atom stereocenters. The number of rotatable bonds is 3. The fraction of sp³-hybridized carbons (Fsp3) is 0.214. The highest BCUT2D eigenvalue weighted by molar-refractivity contribution is 6.29. The van der Waals surface area contributed by atoms with E-state index in [1.165, 1.54) is 11.1 Å². The molecule has 0 aliphatic rings. The van der Waals surface area contributed by atoms with Crippen LogP contribution in [-0.4, -0.2) is 12.0 Å². The SMILES string of the molecule is Cc1ccc(CN(C)c2cc(N)cc(Cl)n2)cc1. The van der Waals surface area contributed by atoms with Crippen molar-refractivity contribution in [3.8, 4) is 0 Å². The molecule has 2 rings (SSSR count). The molecule has 0 saturated heterocycles. The highest BCUT2D eigenvalue weighted by Crippen LogP contribution is 2.20. The van der Waals surface area contributed by atoms with E-state index in [0.717, 1.165) is 12.4 Å². The van der Waals surface area contributed by atoms with E-state index in [4.69, 9.17) is 17.3 Å². The van der Waals surface area contributed by atoms with Crippen molar-refractivity contribution in [1.29, 1.82) is 0 Å². The first kappa shape index (κ1) is 12.7. The summed E-state index contributed by atoms with van der Waals surface area (Å²) >= 11 is 5.90.